The standard InChI is InChI=1S/C18H28ClN3O2/c1-4-20-17(21-14-18(23-3)9-11-24-12-10-18)22(2)13-15-7-5-6-8-16(15)19/h5-8H,4,9-14H2,1-3H3,(H,20,21). The van der Waals surface area contributed by atoms with Crippen LogP contribution in [0.1, 0.15) is 25.3 Å². The second-order valence-electron chi connectivity index (χ2n) is 6.12. The number of nitrogens with one attached hydrogen (secondary N) is 1. The van der Waals surface area contributed by atoms with E-state index < -0.39 is 0 Å². The third kappa shape index (κ3) is 5.10. The van der Waals surface area contributed by atoms with Gasteiger partial charge in [0.05, 0.1) is 12.1 Å². The zero-order chi connectivity index (χ0) is 17.4. The van der Waals surface area contributed by atoms with Gasteiger partial charge in [0.15, 0.2) is 5.96 Å². The van der Waals surface area contributed by atoms with Crippen LogP contribution in [0.2, 0.25) is 5.02 Å². The van der Waals surface area contributed by atoms with Crippen molar-refractivity contribution in [2.45, 2.75) is 31.9 Å². The smallest absolute Gasteiger partial charge is 0.194 e. The zero-order valence-corrected chi connectivity index (χ0v) is 15.6. The summed E-state index contributed by atoms with van der Waals surface area (Å²) in [6, 6.07) is 7.90. The Morgan fingerprint density at radius 2 is 2.08 bits per heavy atom. The summed E-state index contributed by atoms with van der Waals surface area (Å²) in [5, 5.41) is 4.12. The van der Waals surface area contributed by atoms with Crippen LogP contribution in [0, 0.1) is 0 Å². The highest BCUT2D eigenvalue weighted by molar-refractivity contribution is 6.31. The number of ether oxygens (including phenoxy) is 2. The summed E-state index contributed by atoms with van der Waals surface area (Å²) >= 11 is 6.27. The Balaban J connectivity index is 2.07. The topological polar surface area (TPSA) is 46.1 Å². The Bertz CT molecular complexity index is 545. The summed E-state index contributed by atoms with van der Waals surface area (Å²) < 4.78 is 11.2. The van der Waals surface area contributed by atoms with E-state index in [1.807, 2.05) is 31.3 Å². The molecule has 5 nitrogen and oxygen atoms in total. The highest BCUT2D eigenvalue weighted by Gasteiger charge is 2.32. The molecular formula is C18H28ClN3O2. The minimum atomic E-state index is -0.218. The number of halogens is 1. The van der Waals surface area contributed by atoms with Crippen molar-refractivity contribution in [3.05, 3.63) is 34.9 Å². The summed E-state index contributed by atoms with van der Waals surface area (Å²) in [6.45, 7) is 5.68. The van der Waals surface area contributed by atoms with Crippen LogP contribution < -0.4 is 5.32 Å². The minimum absolute atomic E-state index is 0.218. The average molecular weight is 354 g/mol. The van der Waals surface area contributed by atoms with E-state index >= 15 is 0 Å². The quantitative estimate of drug-likeness (QED) is 0.631. The molecule has 0 spiro atoms. The van der Waals surface area contributed by atoms with Gasteiger partial charge in [-0.15, -0.1) is 0 Å². The number of nitrogens with zero attached hydrogens (tertiary/aromatic N) is 2. The SMILES string of the molecule is CCNC(=NCC1(OC)CCOCC1)N(C)Cc1ccccc1Cl. The Morgan fingerprint density at radius 1 is 1.38 bits per heavy atom. The number of benzene rings is 1. The maximum atomic E-state index is 6.27. The van der Waals surface area contributed by atoms with Gasteiger partial charge in [-0.25, -0.2) is 0 Å². The van der Waals surface area contributed by atoms with Gasteiger partial charge in [0.1, 0.15) is 0 Å². The molecule has 1 N–H and O–H groups in total. The third-order valence-corrected chi connectivity index (χ3v) is 4.78. The third-order valence-electron chi connectivity index (χ3n) is 4.42. The van der Waals surface area contributed by atoms with Crippen LogP contribution >= 0.6 is 11.6 Å². The molecule has 1 aromatic carbocycles. The van der Waals surface area contributed by atoms with Gasteiger partial charge in [0.2, 0.25) is 0 Å². The van der Waals surface area contributed by atoms with Crippen molar-refractivity contribution >= 4 is 17.6 Å². The van der Waals surface area contributed by atoms with Gasteiger partial charge in [0, 0.05) is 58.3 Å². The van der Waals surface area contributed by atoms with E-state index in [4.69, 9.17) is 26.1 Å². The van der Waals surface area contributed by atoms with Crippen LogP contribution in [-0.4, -0.2) is 56.9 Å². The van der Waals surface area contributed by atoms with Crippen molar-refractivity contribution in [1.29, 1.82) is 0 Å². The van der Waals surface area contributed by atoms with Gasteiger partial charge < -0.3 is 19.7 Å². The molecule has 1 heterocycles. The van der Waals surface area contributed by atoms with Gasteiger partial charge in [-0.1, -0.05) is 29.8 Å². The predicted octanol–water partition coefficient (Wildman–Crippen LogP) is 2.93. The maximum absolute atomic E-state index is 6.27. The first-order valence-electron chi connectivity index (χ1n) is 8.46. The first kappa shape index (κ1) is 19.0. The largest absolute Gasteiger partial charge is 0.381 e. The van der Waals surface area contributed by atoms with Crippen molar-refractivity contribution in [3.8, 4) is 0 Å². The molecule has 0 aromatic heterocycles. The monoisotopic (exact) mass is 353 g/mol. The molecule has 134 valence electrons. The molecule has 1 aliphatic heterocycles. The predicted molar refractivity (Wildman–Crippen MR) is 98.7 cm³/mol. The van der Waals surface area contributed by atoms with Crippen molar-refractivity contribution in [1.82, 2.24) is 10.2 Å². The fraction of sp³-hybridized carbons (Fsp3) is 0.611. The first-order chi connectivity index (χ1) is 11.6. The number of methoxy groups -OCH3 is 1. The van der Waals surface area contributed by atoms with E-state index in [9.17, 15) is 0 Å². The van der Waals surface area contributed by atoms with E-state index in [1.165, 1.54) is 0 Å². The number of aliphatic imine (C=N–C) groups is 1. The normalized spacial score (nSPS) is 17.6. The van der Waals surface area contributed by atoms with Gasteiger partial charge in [-0.2, -0.15) is 0 Å². The molecule has 0 amide bonds. The Hall–Kier alpha value is -1.30. The van der Waals surface area contributed by atoms with Gasteiger partial charge in [-0.05, 0) is 18.6 Å². The van der Waals surface area contributed by atoms with Crippen LogP contribution in [0.4, 0.5) is 0 Å². The highest BCUT2D eigenvalue weighted by atomic mass is 35.5. The molecule has 0 bridgehead atoms. The first-order valence-corrected chi connectivity index (χ1v) is 8.84. The van der Waals surface area contributed by atoms with Crippen LogP contribution in [0.15, 0.2) is 29.3 Å². The molecule has 0 saturated carbocycles. The molecule has 6 heteroatoms. The number of rotatable bonds is 6. The summed E-state index contributed by atoms with van der Waals surface area (Å²) in [4.78, 5) is 6.90. The van der Waals surface area contributed by atoms with Gasteiger partial charge in [0.25, 0.3) is 0 Å². The van der Waals surface area contributed by atoms with E-state index in [0.29, 0.717) is 13.1 Å². The molecule has 1 saturated heterocycles. The second-order valence-corrected chi connectivity index (χ2v) is 6.52. The highest BCUT2D eigenvalue weighted by Crippen LogP contribution is 2.25. The summed E-state index contributed by atoms with van der Waals surface area (Å²) in [5.74, 6) is 0.861. The average Bonchev–Trinajstić information content (AvgIpc) is 2.61. The molecule has 24 heavy (non-hydrogen) atoms. The van der Waals surface area contributed by atoms with E-state index in [0.717, 1.165) is 49.1 Å². The van der Waals surface area contributed by atoms with Gasteiger partial charge in [-0.3, -0.25) is 4.99 Å². The molecule has 0 aliphatic carbocycles. The van der Waals surface area contributed by atoms with Crippen molar-refractivity contribution in [2.24, 2.45) is 4.99 Å². The molecule has 1 aromatic rings. The Morgan fingerprint density at radius 3 is 2.71 bits per heavy atom. The fourth-order valence-corrected chi connectivity index (χ4v) is 3.01. The minimum Gasteiger partial charge on any atom is -0.381 e. The summed E-state index contributed by atoms with van der Waals surface area (Å²) in [7, 11) is 3.79. The second kappa shape index (κ2) is 9.25. The van der Waals surface area contributed by atoms with Crippen LogP contribution in [0.5, 0.6) is 0 Å². The number of hydrogen-bond donors (Lipinski definition) is 1. The van der Waals surface area contributed by atoms with Crippen molar-refractivity contribution in [2.75, 3.05) is 40.5 Å². The number of hydrogen-bond acceptors (Lipinski definition) is 3. The molecule has 1 fully saturated rings. The fourth-order valence-electron chi connectivity index (χ4n) is 2.82. The van der Waals surface area contributed by atoms with Crippen LogP contribution in [0.25, 0.3) is 0 Å². The van der Waals surface area contributed by atoms with Crippen molar-refractivity contribution in [3.63, 3.8) is 0 Å². The lowest BCUT2D eigenvalue weighted by Crippen LogP contribution is -2.44. The lowest BCUT2D eigenvalue weighted by atomic mass is 9.94. The maximum Gasteiger partial charge on any atom is 0.194 e. The van der Waals surface area contributed by atoms with Crippen molar-refractivity contribution < 1.29 is 9.47 Å². The summed E-state index contributed by atoms with van der Waals surface area (Å²) in [6.07, 6.45) is 1.75. The lowest BCUT2D eigenvalue weighted by molar-refractivity contribution is -0.0829. The number of guanidine groups is 1. The van der Waals surface area contributed by atoms with Crippen LogP contribution in [0.3, 0.4) is 0 Å². The summed E-state index contributed by atoms with van der Waals surface area (Å²) in [5.41, 5.74) is 0.865. The molecule has 0 radical (unpaired) electrons. The van der Waals surface area contributed by atoms with Crippen LogP contribution in [-0.2, 0) is 16.0 Å². The zero-order valence-electron chi connectivity index (χ0n) is 14.8. The molecule has 0 atom stereocenters. The van der Waals surface area contributed by atoms with Gasteiger partial charge >= 0.3 is 0 Å². The lowest BCUT2D eigenvalue weighted by Gasteiger charge is -2.35. The molecule has 2 rings (SSSR count). The molecular weight excluding hydrogens is 326 g/mol. The van der Waals surface area contributed by atoms with E-state index in [1.54, 1.807) is 7.11 Å². The van der Waals surface area contributed by atoms with E-state index in [-0.39, 0.29) is 5.60 Å². The Labute approximate surface area is 150 Å². The Kier molecular flexibility index (Phi) is 7.34. The van der Waals surface area contributed by atoms with E-state index in [2.05, 4.69) is 17.1 Å². The molecule has 1 aliphatic rings. The molecule has 0 unspecified atom stereocenters.